The molecule has 2 amide bonds. The Balaban J connectivity index is 1.42. The number of anilines is 1. The van der Waals surface area contributed by atoms with Gasteiger partial charge in [-0.15, -0.1) is 0 Å². The minimum Gasteiger partial charge on any atom is -0.427 e. The molecule has 0 saturated carbocycles. The summed E-state index contributed by atoms with van der Waals surface area (Å²) >= 11 is 0. The van der Waals surface area contributed by atoms with Gasteiger partial charge in [0.2, 0.25) is 18.6 Å². The van der Waals surface area contributed by atoms with E-state index in [4.69, 9.17) is 14.2 Å². The van der Waals surface area contributed by atoms with E-state index in [0.717, 1.165) is 5.56 Å². The number of ether oxygens (including phenoxy) is 3. The lowest BCUT2D eigenvalue weighted by Crippen LogP contribution is -2.61. The molecule has 2 aliphatic rings. The number of nitrogens with one attached hydrogen (secondary N) is 1. The first-order valence-electron chi connectivity index (χ1n) is 12.9. The minimum absolute atomic E-state index is 0.0785. The number of hydrogen-bond donors (Lipinski definition) is 2. The Morgan fingerprint density at radius 1 is 1.15 bits per heavy atom. The molecule has 0 unspecified atom stereocenters. The van der Waals surface area contributed by atoms with Crippen molar-refractivity contribution in [2.75, 3.05) is 18.7 Å². The number of esters is 2. The van der Waals surface area contributed by atoms with Crippen molar-refractivity contribution in [1.29, 1.82) is 0 Å². The smallest absolute Gasteiger partial charge is 0.358 e. The Kier molecular flexibility index (Phi) is 8.65. The predicted molar refractivity (Wildman–Crippen MR) is 143 cm³/mol. The van der Waals surface area contributed by atoms with Crippen LogP contribution in [0, 0.1) is 11.3 Å². The lowest BCUT2D eigenvalue weighted by atomic mass is 9.82. The monoisotopic (exact) mass is 551 g/mol. The van der Waals surface area contributed by atoms with Gasteiger partial charge in [0.05, 0.1) is 42.0 Å². The number of aliphatic hydroxyl groups excluding tert-OH is 1. The molecule has 0 bridgehead atoms. The lowest BCUT2D eigenvalue weighted by Gasteiger charge is -2.44. The van der Waals surface area contributed by atoms with Crippen molar-refractivity contribution in [1.82, 2.24) is 9.88 Å². The largest absolute Gasteiger partial charge is 0.427 e. The fourth-order valence-electron chi connectivity index (χ4n) is 4.64. The van der Waals surface area contributed by atoms with Crippen LogP contribution in [0.5, 0.6) is 0 Å². The zero-order chi connectivity index (χ0) is 29.0. The summed E-state index contributed by atoms with van der Waals surface area (Å²) in [6.45, 7) is 6.05. The Morgan fingerprint density at radius 2 is 1.88 bits per heavy atom. The van der Waals surface area contributed by atoms with Crippen LogP contribution in [0.25, 0.3) is 5.57 Å². The van der Waals surface area contributed by atoms with E-state index >= 15 is 0 Å². The Hall–Kier alpha value is -4.09. The molecule has 1 aromatic heterocycles. The normalized spacial score (nSPS) is 19.0. The SMILES string of the molecule is C[C@@H](O)[C@H]1C(=O)N2C(C(=O)OCOC(=O)C(C)(C)C)=C(c3ccc(COCC(=O)Nc4cccnc4)cc3)C[C@H]12. The van der Waals surface area contributed by atoms with Gasteiger partial charge in [0.25, 0.3) is 0 Å². The molecule has 40 heavy (non-hydrogen) atoms. The highest BCUT2D eigenvalue weighted by Gasteiger charge is 2.57. The van der Waals surface area contributed by atoms with Gasteiger partial charge in [0.1, 0.15) is 12.3 Å². The highest BCUT2D eigenvalue weighted by Crippen LogP contribution is 2.47. The third-order valence-electron chi connectivity index (χ3n) is 6.66. The number of pyridine rings is 1. The molecule has 11 heteroatoms. The van der Waals surface area contributed by atoms with Crippen LogP contribution < -0.4 is 5.32 Å². The maximum absolute atomic E-state index is 13.1. The van der Waals surface area contributed by atoms with Gasteiger partial charge in [-0.05, 0) is 62.9 Å². The van der Waals surface area contributed by atoms with Gasteiger partial charge in [0.15, 0.2) is 0 Å². The molecule has 2 N–H and O–H groups in total. The van der Waals surface area contributed by atoms with Crippen molar-refractivity contribution in [3.8, 4) is 0 Å². The van der Waals surface area contributed by atoms with Crippen LogP contribution in [0.2, 0.25) is 0 Å². The van der Waals surface area contributed by atoms with E-state index in [0.29, 0.717) is 23.2 Å². The average Bonchev–Trinajstić information content (AvgIpc) is 3.23. The Morgan fingerprint density at radius 3 is 2.50 bits per heavy atom. The number of benzene rings is 1. The lowest BCUT2D eigenvalue weighted by molar-refractivity contribution is -0.175. The van der Waals surface area contributed by atoms with Gasteiger partial charge < -0.3 is 29.5 Å². The van der Waals surface area contributed by atoms with Gasteiger partial charge in [0, 0.05) is 6.20 Å². The molecule has 3 atom stereocenters. The van der Waals surface area contributed by atoms with Crippen LogP contribution in [0.4, 0.5) is 5.69 Å². The summed E-state index contributed by atoms with van der Waals surface area (Å²) in [5, 5.41) is 12.8. The Bertz CT molecular complexity index is 1300. The topological polar surface area (TPSA) is 144 Å². The zero-order valence-electron chi connectivity index (χ0n) is 22.9. The van der Waals surface area contributed by atoms with Crippen molar-refractivity contribution in [3.63, 3.8) is 0 Å². The third-order valence-corrected chi connectivity index (χ3v) is 6.66. The number of carbonyl (C=O) groups excluding carboxylic acids is 4. The molecule has 212 valence electrons. The summed E-state index contributed by atoms with van der Waals surface area (Å²) in [6, 6.07) is 10.3. The van der Waals surface area contributed by atoms with E-state index in [1.165, 1.54) is 11.1 Å². The van der Waals surface area contributed by atoms with Gasteiger partial charge in [-0.1, -0.05) is 24.3 Å². The summed E-state index contributed by atoms with van der Waals surface area (Å²) in [7, 11) is 0. The van der Waals surface area contributed by atoms with E-state index in [2.05, 4.69) is 10.3 Å². The molecule has 1 saturated heterocycles. The van der Waals surface area contributed by atoms with Crippen LogP contribution in [-0.2, 0) is 40.0 Å². The summed E-state index contributed by atoms with van der Waals surface area (Å²) in [5.41, 5.74) is 1.99. The first kappa shape index (κ1) is 28.9. The molecule has 2 aliphatic heterocycles. The zero-order valence-corrected chi connectivity index (χ0v) is 22.9. The molecule has 0 aliphatic carbocycles. The fourth-order valence-corrected chi connectivity index (χ4v) is 4.64. The quantitative estimate of drug-likeness (QED) is 0.259. The molecule has 0 radical (unpaired) electrons. The molecule has 3 heterocycles. The Labute approximate surface area is 232 Å². The molecule has 1 fully saturated rings. The molecule has 4 rings (SSSR count). The van der Waals surface area contributed by atoms with Crippen molar-refractivity contribution < 1.29 is 38.5 Å². The number of carbonyl (C=O) groups is 4. The maximum Gasteiger partial charge on any atom is 0.358 e. The molecule has 0 spiro atoms. The third kappa shape index (κ3) is 6.37. The molecular weight excluding hydrogens is 518 g/mol. The number of β-lactam (4-membered cyclic amide) rings is 1. The second-order valence-electron chi connectivity index (χ2n) is 10.8. The standard InChI is InChI=1S/C29H33N3O8/c1-17(33)24-22-12-21(25(32(22)26(24)35)27(36)39-16-40-28(37)29(2,3)4)19-9-7-18(8-10-19)14-38-15-23(34)31-20-6-5-11-30-13-20/h5-11,13,17,22,24,33H,12,14-16H2,1-4H3,(H,31,34)/t17-,22-,24-/m1/s1. The summed E-state index contributed by atoms with van der Waals surface area (Å²) in [4.78, 5) is 55.3. The molecule has 11 nitrogen and oxygen atoms in total. The second-order valence-corrected chi connectivity index (χ2v) is 10.8. The second kappa shape index (κ2) is 12.0. The number of aromatic nitrogens is 1. The molecular formula is C29H33N3O8. The first-order valence-corrected chi connectivity index (χ1v) is 12.9. The van der Waals surface area contributed by atoms with Gasteiger partial charge >= 0.3 is 11.9 Å². The van der Waals surface area contributed by atoms with Crippen molar-refractivity contribution in [2.24, 2.45) is 11.3 Å². The number of hydrogen-bond acceptors (Lipinski definition) is 9. The van der Waals surface area contributed by atoms with Gasteiger partial charge in [-0.25, -0.2) is 4.79 Å². The number of rotatable bonds is 10. The van der Waals surface area contributed by atoms with Crippen LogP contribution in [0.3, 0.4) is 0 Å². The van der Waals surface area contributed by atoms with Crippen molar-refractivity contribution >= 4 is 35.0 Å². The predicted octanol–water partition coefficient (Wildman–Crippen LogP) is 2.65. The fraction of sp³-hybridized carbons (Fsp3) is 0.414. The van der Waals surface area contributed by atoms with E-state index in [1.807, 2.05) is 0 Å². The van der Waals surface area contributed by atoms with Crippen molar-refractivity contribution in [2.45, 2.75) is 52.9 Å². The van der Waals surface area contributed by atoms with Crippen LogP contribution in [0.15, 0.2) is 54.5 Å². The van der Waals surface area contributed by atoms with Crippen LogP contribution in [0.1, 0.15) is 45.2 Å². The molecule has 1 aromatic carbocycles. The maximum atomic E-state index is 13.1. The summed E-state index contributed by atoms with van der Waals surface area (Å²) < 4.78 is 15.8. The van der Waals surface area contributed by atoms with E-state index < -0.39 is 36.2 Å². The number of aliphatic hydroxyl groups is 1. The summed E-state index contributed by atoms with van der Waals surface area (Å²) in [6.07, 6.45) is 2.64. The number of nitrogens with zero attached hydrogens (tertiary/aromatic N) is 2. The van der Waals surface area contributed by atoms with E-state index in [-0.39, 0.29) is 36.8 Å². The van der Waals surface area contributed by atoms with E-state index in [9.17, 15) is 24.3 Å². The summed E-state index contributed by atoms with van der Waals surface area (Å²) in [5.74, 6) is -2.60. The number of amides is 2. The van der Waals surface area contributed by atoms with E-state index in [1.54, 1.807) is 70.3 Å². The number of fused-ring (bicyclic) bond motifs is 1. The van der Waals surface area contributed by atoms with Crippen molar-refractivity contribution in [3.05, 3.63) is 65.6 Å². The average molecular weight is 552 g/mol. The first-order chi connectivity index (χ1) is 19.0. The highest BCUT2D eigenvalue weighted by molar-refractivity contribution is 6.06. The van der Waals surface area contributed by atoms with Gasteiger partial charge in [-0.2, -0.15) is 0 Å². The van der Waals surface area contributed by atoms with Crippen LogP contribution >= 0.6 is 0 Å². The highest BCUT2D eigenvalue weighted by atomic mass is 16.7. The van der Waals surface area contributed by atoms with Gasteiger partial charge in [-0.3, -0.25) is 19.4 Å². The van der Waals surface area contributed by atoms with Crippen LogP contribution in [-0.4, -0.2) is 64.3 Å². The minimum atomic E-state index is -0.868. The molecule has 2 aromatic rings.